The molecule has 1 heterocycles. The van der Waals surface area contributed by atoms with Crippen molar-refractivity contribution in [3.63, 3.8) is 0 Å². The first-order chi connectivity index (χ1) is 8.00. The van der Waals surface area contributed by atoms with Crippen LogP contribution in [0.2, 0.25) is 0 Å². The number of hydrogen-bond acceptors (Lipinski definition) is 2. The summed E-state index contributed by atoms with van der Waals surface area (Å²) in [7, 11) is -3.35. The topological polar surface area (TPSA) is 37.4 Å². The summed E-state index contributed by atoms with van der Waals surface area (Å²) in [5.74, 6) is 0. The maximum absolute atomic E-state index is 12.3. The third kappa shape index (κ3) is 3.02. The number of benzene rings is 1. The number of sulfonamides is 1. The van der Waals surface area contributed by atoms with E-state index in [1.807, 2.05) is 0 Å². The monoisotopic (exact) mass is 337 g/mol. The maximum Gasteiger partial charge on any atom is 0.243 e. The Kier molecular flexibility index (Phi) is 4.13. The molecular formula is C11H13BrClNO2S. The van der Waals surface area contributed by atoms with E-state index in [0.29, 0.717) is 18.0 Å². The zero-order chi connectivity index (χ0) is 12.5. The molecule has 0 amide bonds. The van der Waals surface area contributed by atoms with E-state index in [0.717, 1.165) is 17.3 Å². The summed E-state index contributed by atoms with van der Waals surface area (Å²) in [5.41, 5.74) is 0. The van der Waals surface area contributed by atoms with Crippen LogP contribution >= 0.6 is 27.5 Å². The van der Waals surface area contributed by atoms with Gasteiger partial charge in [-0.05, 0) is 37.1 Å². The molecule has 0 aliphatic carbocycles. The average molecular weight is 339 g/mol. The van der Waals surface area contributed by atoms with E-state index in [2.05, 4.69) is 15.9 Å². The summed E-state index contributed by atoms with van der Waals surface area (Å²) in [6.45, 7) is 1.01. The molecule has 1 fully saturated rings. The van der Waals surface area contributed by atoms with Gasteiger partial charge in [0.2, 0.25) is 10.0 Å². The van der Waals surface area contributed by atoms with Gasteiger partial charge in [-0.15, -0.1) is 11.6 Å². The Morgan fingerprint density at radius 1 is 1.18 bits per heavy atom. The highest BCUT2D eigenvalue weighted by Crippen LogP contribution is 2.23. The minimum Gasteiger partial charge on any atom is -0.207 e. The summed E-state index contributed by atoms with van der Waals surface area (Å²) < 4.78 is 26.9. The highest BCUT2D eigenvalue weighted by molar-refractivity contribution is 9.10. The Hall–Kier alpha value is -0.100. The lowest BCUT2D eigenvalue weighted by molar-refractivity contribution is 0.350. The van der Waals surface area contributed by atoms with E-state index in [1.165, 1.54) is 4.31 Å². The van der Waals surface area contributed by atoms with Crippen LogP contribution in [0.3, 0.4) is 0 Å². The molecule has 0 aromatic heterocycles. The van der Waals surface area contributed by atoms with Gasteiger partial charge in [-0.25, -0.2) is 8.42 Å². The minimum atomic E-state index is -3.35. The molecule has 0 unspecified atom stereocenters. The van der Waals surface area contributed by atoms with Gasteiger partial charge in [0.25, 0.3) is 0 Å². The van der Waals surface area contributed by atoms with Crippen molar-refractivity contribution in [1.82, 2.24) is 4.31 Å². The number of rotatable bonds is 2. The van der Waals surface area contributed by atoms with Crippen molar-refractivity contribution >= 4 is 37.6 Å². The normalized spacial score (nSPS) is 19.4. The molecule has 1 aromatic rings. The Morgan fingerprint density at radius 3 is 2.24 bits per heavy atom. The van der Waals surface area contributed by atoms with Crippen LogP contribution in [0.15, 0.2) is 33.6 Å². The highest BCUT2D eigenvalue weighted by Gasteiger charge is 2.28. The fourth-order valence-corrected chi connectivity index (χ4v) is 3.75. The SMILES string of the molecule is O=S(=O)(c1ccc(Br)cc1)N1CCC(Cl)CC1. The molecule has 0 radical (unpaired) electrons. The van der Waals surface area contributed by atoms with Crippen molar-refractivity contribution in [2.75, 3.05) is 13.1 Å². The lowest BCUT2D eigenvalue weighted by atomic mass is 10.2. The molecule has 1 saturated heterocycles. The van der Waals surface area contributed by atoms with E-state index < -0.39 is 10.0 Å². The van der Waals surface area contributed by atoms with Crippen molar-refractivity contribution in [2.24, 2.45) is 0 Å². The van der Waals surface area contributed by atoms with Crippen molar-refractivity contribution in [1.29, 1.82) is 0 Å². The van der Waals surface area contributed by atoms with Gasteiger partial charge in [0.05, 0.1) is 4.90 Å². The van der Waals surface area contributed by atoms with Crippen LogP contribution < -0.4 is 0 Å². The molecule has 1 aliphatic heterocycles. The Labute approximate surface area is 115 Å². The fraction of sp³-hybridized carbons (Fsp3) is 0.455. The predicted octanol–water partition coefficient (Wildman–Crippen LogP) is 2.84. The molecule has 0 spiro atoms. The van der Waals surface area contributed by atoms with Gasteiger partial charge in [-0.2, -0.15) is 4.31 Å². The first-order valence-electron chi connectivity index (χ1n) is 5.40. The van der Waals surface area contributed by atoms with Crippen molar-refractivity contribution < 1.29 is 8.42 Å². The number of halogens is 2. The van der Waals surface area contributed by atoms with Crippen LogP contribution in [0, 0.1) is 0 Å². The molecular weight excluding hydrogens is 326 g/mol. The third-order valence-electron chi connectivity index (χ3n) is 2.83. The largest absolute Gasteiger partial charge is 0.243 e. The van der Waals surface area contributed by atoms with Gasteiger partial charge >= 0.3 is 0 Å². The summed E-state index contributed by atoms with van der Waals surface area (Å²) in [4.78, 5) is 0.341. The lowest BCUT2D eigenvalue weighted by Gasteiger charge is -2.28. The molecule has 2 rings (SSSR count). The molecule has 17 heavy (non-hydrogen) atoms. The number of nitrogens with zero attached hydrogens (tertiary/aromatic N) is 1. The predicted molar refractivity (Wildman–Crippen MR) is 71.8 cm³/mol. The van der Waals surface area contributed by atoms with Gasteiger partial charge in [0, 0.05) is 22.9 Å². The second kappa shape index (κ2) is 5.26. The zero-order valence-corrected chi connectivity index (χ0v) is 12.3. The molecule has 1 aliphatic rings. The molecule has 6 heteroatoms. The van der Waals surface area contributed by atoms with E-state index in [-0.39, 0.29) is 5.38 Å². The Morgan fingerprint density at radius 2 is 1.71 bits per heavy atom. The minimum absolute atomic E-state index is 0.103. The average Bonchev–Trinajstić information content (AvgIpc) is 2.30. The van der Waals surface area contributed by atoms with Gasteiger partial charge in [0.1, 0.15) is 0 Å². The highest BCUT2D eigenvalue weighted by atomic mass is 79.9. The second-order valence-corrected chi connectivity index (χ2v) is 7.50. The fourth-order valence-electron chi connectivity index (χ4n) is 1.82. The summed E-state index contributed by atoms with van der Waals surface area (Å²) >= 11 is 9.26. The van der Waals surface area contributed by atoms with E-state index in [4.69, 9.17) is 11.6 Å². The van der Waals surface area contributed by atoms with Crippen LogP contribution in [0.1, 0.15) is 12.8 Å². The second-order valence-electron chi connectivity index (χ2n) is 4.03. The van der Waals surface area contributed by atoms with Crippen molar-refractivity contribution in [3.05, 3.63) is 28.7 Å². The smallest absolute Gasteiger partial charge is 0.207 e. The molecule has 0 bridgehead atoms. The van der Waals surface area contributed by atoms with E-state index in [1.54, 1.807) is 24.3 Å². The molecule has 94 valence electrons. The number of alkyl halides is 1. The molecule has 3 nitrogen and oxygen atoms in total. The van der Waals surface area contributed by atoms with Crippen molar-refractivity contribution in [2.45, 2.75) is 23.1 Å². The standard InChI is InChI=1S/C11H13BrClNO2S/c12-9-1-3-11(4-2-9)17(15,16)14-7-5-10(13)6-8-14/h1-4,10H,5-8H2. The molecule has 0 atom stereocenters. The van der Waals surface area contributed by atoms with Crippen LogP contribution in [0.4, 0.5) is 0 Å². The molecule has 1 aromatic carbocycles. The summed E-state index contributed by atoms with van der Waals surface area (Å²) in [6.07, 6.45) is 1.44. The zero-order valence-electron chi connectivity index (χ0n) is 9.14. The van der Waals surface area contributed by atoms with Crippen LogP contribution in [0.5, 0.6) is 0 Å². The third-order valence-corrected chi connectivity index (χ3v) is 5.71. The van der Waals surface area contributed by atoms with E-state index >= 15 is 0 Å². The quantitative estimate of drug-likeness (QED) is 0.778. The number of piperidine rings is 1. The molecule has 0 N–H and O–H groups in total. The Balaban J connectivity index is 2.21. The first kappa shape index (κ1) is 13.3. The van der Waals surface area contributed by atoms with Crippen LogP contribution in [-0.4, -0.2) is 31.2 Å². The van der Waals surface area contributed by atoms with Crippen molar-refractivity contribution in [3.8, 4) is 0 Å². The maximum atomic E-state index is 12.3. The first-order valence-corrected chi connectivity index (χ1v) is 8.07. The van der Waals surface area contributed by atoms with Gasteiger partial charge in [-0.3, -0.25) is 0 Å². The van der Waals surface area contributed by atoms with E-state index in [9.17, 15) is 8.42 Å². The molecule has 0 saturated carbocycles. The van der Waals surface area contributed by atoms with Crippen LogP contribution in [0.25, 0.3) is 0 Å². The summed E-state index contributed by atoms with van der Waals surface area (Å²) in [6, 6.07) is 6.71. The van der Waals surface area contributed by atoms with Gasteiger partial charge in [0.15, 0.2) is 0 Å². The van der Waals surface area contributed by atoms with Gasteiger partial charge in [-0.1, -0.05) is 15.9 Å². The lowest BCUT2D eigenvalue weighted by Crippen LogP contribution is -2.38. The van der Waals surface area contributed by atoms with Crippen LogP contribution in [-0.2, 0) is 10.0 Å². The number of hydrogen-bond donors (Lipinski definition) is 0. The summed E-state index contributed by atoms with van der Waals surface area (Å²) in [5, 5.41) is 0.103. The Bertz CT molecular complexity index is 481. The van der Waals surface area contributed by atoms with Gasteiger partial charge < -0.3 is 0 Å².